The zero-order valence-corrected chi connectivity index (χ0v) is 17.3. The van der Waals surface area contributed by atoms with E-state index in [1.54, 1.807) is 45.0 Å². The van der Waals surface area contributed by atoms with Crippen molar-refractivity contribution in [1.82, 2.24) is 15.3 Å². The molecule has 160 valence electrons. The van der Waals surface area contributed by atoms with Gasteiger partial charge in [0.25, 0.3) is 5.91 Å². The van der Waals surface area contributed by atoms with Gasteiger partial charge in [0.1, 0.15) is 16.9 Å². The second-order valence-electron chi connectivity index (χ2n) is 7.77. The Morgan fingerprint density at radius 3 is 2.58 bits per heavy atom. The van der Waals surface area contributed by atoms with Crippen molar-refractivity contribution in [2.45, 2.75) is 32.9 Å². The van der Waals surface area contributed by atoms with Gasteiger partial charge in [-0.2, -0.15) is 0 Å². The van der Waals surface area contributed by atoms with Crippen LogP contribution in [0.3, 0.4) is 0 Å². The second-order valence-corrected chi connectivity index (χ2v) is 7.77. The molecular formula is C23H22FN3O4. The van der Waals surface area contributed by atoms with Crippen molar-refractivity contribution in [2.75, 3.05) is 0 Å². The molecule has 0 aliphatic carbocycles. The fraction of sp³-hybridized carbons (Fsp3) is 0.217. The van der Waals surface area contributed by atoms with Crippen LogP contribution in [0.2, 0.25) is 0 Å². The normalized spacial score (nSPS) is 11.6. The van der Waals surface area contributed by atoms with Crippen LogP contribution in [0, 0.1) is 5.82 Å². The highest BCUT2D eigenvalue weighted by molar-refractivity contribution is 6.03. The number of nitrogens with zero attached hydrogens (tertiary/aromatic N) is 2. The van der Waals surface area contributed by atoms with Gasteiger partial charge < -0.3 is 15.2 Å². The number of nitrogens with one attached hydrogen (secondary N) is 1. The number of aromatic nitrogens is 2. The van der Waals surface area contributed by atoms with Crippen molar-refractivity contribution < 1.29 is 23.8 Å². The molecule has 0 unspecified atom stereocenters. The van der Waals surface area contributed by atoms with Crippen molar-refractivity contribution >= 4 is 28.9 Å². The Hall–Kier alpha value is -3.81. The van der Waals surface area contributed by atoms with Crippen LogP contribution in [-0.2, 0) is 16.1 Å². The van der Waals surface area contributed by atoms with Gasteiger partial charge in [-0.05, 0) is 56.7 Å². The van der Waals surface area contributed by atoms with Gasteiger partial charge >= 0.3 is 5.97 Å². The Labute approximate surface area is 178 Å². The first-order valence-corrected chi connectivity index (χ1v) is 9.55. The summed E-state index contributed by atoms with van der Waals surface area (Å²) < 4.78 is 18.3. The van der Waals surface area contributed by atoms with Gasteiger partial charge in [0.2, 0.25) is 0 Å². The number of rotatable bonds is 5. The predicted octanol–water partition coefficient (Wildman–Crippen LogP) is 3.76. The van der Waals surface area contributed by atoms with Crippen molar-refractivity contribution in [3.05, 3.63) is 71.4 Å². The smallest absolute Gasteiger partial charge is 0.331 e. The molecule has 1 aromatic carbocycles. The summed E-state index contributed by atoms with van der Waals surface area (Å²) in [5.74, 6) is -1.96. The van der Waals surface area contributed by atoms with Crippen LogP contribution < -0.4 is 5.32 Å². The number of carbonyl (C=O) groups is 2. The van der Waals surface area contributed by atoms with Crippen molar-refractivity contribution in [3.8, 4) is 5.75 Å². The number of carbonyl (C=O) groups excluding carboxylic acids is 2. The lowest BCUT2D eigenvalue weighted by molar-refractivity contribution is -0.148. The zero-order valence-electron chi connectivity index (χ0n) is 17.3. The maximum Gasteiger partial charge on any atom is 0.331 e. The van der Waals surface area contributed by atoms with Crippen LogP contribution >= 0.6 is 0 Å². The average molecular weight is 423 g/mol. The molecule has 0 aliphatic heterocycles. The maximum absolute atomic E-state index is 13.0. The van der Waals surface area contributed by atoms with E-state index in [4.69, 9.17) is 4.74 Å². The second kappa shape index (κ2) is 8.91. The van der Waals surface area contributed by atoms with E-state index in [-0.39, 0.29) is 35.0 Å². The van der Waals surface area contributed by atoms with Gasteiger partial charge in [-0.25, -0.2) is 14.2 Å². The lowest BCUT2D eigenvalue weighted by Crippen LogP contribution is -2.24. The molecule has 2 heterocycles. The summed E-state index contributed by atoms with van der Waals surface area (Å²) in [4.78, 5) is 33.1. The van der Waals surface area contributed by atoms with E-state index in [0.717, 1.165) is 0 Å². The van der Waals surface area contributed by atoms with Crippen LogP contribution in [-0.4, -0.2) is 32.6 Å². The van der Waals surface area contributed by atoms with Gasteiger partial charge in [-0.1, -0.05) is 12.1 Å². The fourth-order valence-corrected chi connectivity index (χ4v) is 2.78. The van der Waals surface area contributed by atoms with Crippen LogP contribution in [0.15, 0.2) is 48.7 Å². The van der Waals surface area contributed by atoms with Crippen molar-refractivity contribution in [3.63, 3.8) is 0 Å². The molecule has 0 saturated carbocycles. The molecule has 2 aromatic heterocycles. The van der Waals surface area contributed by atoms with E-state index in [1.807, 2.05) is 0 Å². The lowest BCUT2D eigenvalue weighted by Gasteiger charge is -2.17. The number of benzene rings is 1. The quantitative estimate of drug-likeness (QED) is 0.479. The molecule has 0 atom stereocenters. The first-order valence-electron chi connectivity index (χ1n) is 9.55. The van der Waals surface area contributed by atoms with Crippen LogP contribution in [0.1, 0.15) is 42.5 Å². The Morgan fingerprint density at radius 1 is 1.19 bits per heavy atom. The number of aromatic hydroxyl groups is 1. The summed E-state index contributed by atoms with van der Waals surface area (Å²) in [7, 11) is 0. The highest BCUT2D eigenvalue weighted by Gasteiger charge is 2.20. The first kappa shape index (κ1) is 21.9. The van der Waals surface area contributed by atoms with Crippen molar-refractivity contribution in [1.29, 1.82) is 0 Å². The van der Waals surface area contributed by atoms with Crippen molar-refractivity contribution in [2.24, 2.45) is 0 Å². The Kier molecular flexibility index (Phi) is 6.29. The summed E-state index contributed by atoms with van der Waals surface area (Å²) in [6.45, 7) is 5.37. The summed E-state index contributed by atoms with van der Waals surface area (Å²) in [5, 5.41) is 13.7. The largest absolute Gasteiger partial charge is 0.504 e. The number of hydrogen-bond acceptors (Lipinski definition) is 6. The van der Waals surface area contributed by atoms with Crippen LogP contribution in [0.5, 0.6) is 5.75 Å². The van der Waals surface area contributed by atoms with E-state index in [1.165, 1.54) is 30.5 Å². The molecule has 1 amide bonds. The van der Waals surface area contributed by atoms with E-state index >= 15 is 0 Å². The van der Waals surface area contributed by atoms with Gasteiger partial charge in [-0.15, -0.1) is 0 Å². The minimum atomic E-state index is -0.654. The molecule has 0 radical (unpaired) electrons. The number of esters is 1. The molecule has 3 aromatic rings. The number of hydrogen-bond donors (Lipinski definition) is 2. The maximum atomic E-state index is 13.0. The minimum Gasteiger partial charge on any atom is -0.504 e. The SMILES string of the molecule is CC(C)(C)OC(=O)/C=C/c1nc(C(=O)NCc2ccc(F)cc2)c(O)c2ncccc12. The summed E-state index contributed by atoms with van der Waals surface area (Å²) in [5.41, 5.74) is 0.237. The molecule has 0 fully saturated rings. The van der Waals surface area contributed by atoms with E-state index in [9.17, 15) is 19.1 Å². The molecular weight excluding hydrogens is 401 g/mol. The number of ether oxygens (including phenoxy) is 1. The Bertz CT molecular complexity index is 1150. The highest BCUT2D eigenvalue weighted by atomic mass is 19.1. The van der Waals surface area contributed by atoms with Crippen LogP contribution in [0.25, 0.3) is 17.0 Å². The number of halogens is 1. The molecule has 0 aliphatic rings. The molecule has 8 heteroatoms. The number of amides is 1. The molecule has 7 nitrogen and oxygen atoms in total. The van der Waals surface area contributed by atoms with E-state index < -0.39 is 17.5 Å². The predicted molar refractivity (Wildman–Crippen MR) is 114 cm³/mol. The summed E-state index contributed by atoms with van der Waals surface area (Å²) >= 11 is 0. The third-order valence-corrected chi connectivity index (χ3v) is 4.13. The summed E-state index contributed by atoms with van der Waals surface area (Å²) in [6, 6.07) is 8.99. The zero-order chi connectivity index (χ0) is 22.6. The van der Waals surface area contributed by atoms with Gasteiger partial charge in [0.15, 0.2) is 11.4 Å². The van der Waals surface area contributed by atoms with Gasteiger partial charge in [-0.3, -0.25) is 9.78 Å². The Balaban J connectivity index is 1.90. The topological polar surface area (TPSA) is 101 Å². The molecule has 0 bridgehead atoms. The highest BCUT2D eigenvalue weighted by Crippen LogP contribution is 2.28. The summed E-state index contributed by atoms with van der Waals surface area (Å²) in [6.07, 6.45) is 4.09. The van der Waals surface area contributed by atoms with Crippen LogP contribution in [0.4, 0.5) is 4.39 Å². The molecule has 3 rings (SSSR count). The van der Waals surface area contributed by atoms with Gasteiger partial charge in [0, 0.05) is 24.2 Å². The molecule has 2 N–H and O–H groups in total. The lowest BCUT2D eigenvalue weighted by atomic mass is 10.1. The standard InChI is InChI=1S/C23H22FN3O4/c1-23(2,3)31-18(28)11-10-17-16-5-4-12-25-19(16)21(29)20(27-17)22(30)26-13-14-6-8-15(24)9-7-14/h4-12,29H,13H2,1-3H3,(H,26,30)/b11-10+. The number of pyridine rings is 2. The monoisotopic (exact) mass is 423 g/mol. The third kappa shape index (κ3) is 5.63. The van der Waals surface area contributed by atoms with Gasteiger partial charge in [0.05, 0.1) is 5.69 Å². The fourth-order valence-electron chi connectivity index (χ4n) is 2.78. The average Bonchev–Trinajstić information content (AvgIpc) is 2.71. The van der Waals surface area contributed by atoms with E-state index in [2.05, 4.69) is 15.3 Å². The number of fused-ring (bicyclic) bond motifs is 1. The Morgan fingerprint density at radius 2 is 1.90 bits per heavy atom. The van der Waals surface area contributed by atoms with E-state index in [0.29, 0.717) is 10.9 Å². The molecule has 0 saturated heterocycles. The first-order chi connectivity index (χ1) is 14.6. The molecule has 31 heavy (non-hydrogen) atoms. The minimum absolute atomic E-state index is 0.115. The molecule has 0 spiro atoms. The third-order valence-electron chi connectivity index (χ3n) is 4.13.